The van der Waals surface area contributed by atoms with Crippen molar-refractivity contribution in [1.29, 1.82) is 0 Å². The zero-order valence-corrected chi connectivity index (χ0v) is 21.5. The summed E-state index contributed by atoms with van der Waals surface area (Å²) in [6.45, 7) is 3.84. The second kappa shape index (κ2) is 11.1. The number of esters is 1. The number of nitrogens with zero attached hydrogens (tertiary/aromatic N) is 4. The minimum atomic E-state index is -0.684. The predicted octanol–water partition coefficient (Wildman–Crippen LogP) is 5.69. The van der Waals surface area contributed by atoms with E-state index < -0.39 is 10.9 Å². The molecule has 186 valence electrons. The molecule has 0 aliphatic rings. The fourth-order valence-electron chi connectivity index (χ4n) is 3.51. The molecule has 0 aliphatic carbocycles. The van der Waals surface area contributed by atoms with Gasteiger partial charge in [0, 0.05) is 34.2 Å². The average Bonchev–Trinajstić information content (AvgIpc) is 2.88. The highest BCUT2D eigenvalue weighted by molar-refractivity contribution is 9.10. The Balaban J connectivity index is 1.64. The summed E-state index contributed by atoms with van der Waals surface area (Å²) in [7, 11) is 0. The number of hydrogen-bond donors (Lipinski definition) is 0. The lowest BCUT2D eigenvalue weighted by Crippen LogP contribution is -2.23. The number of nitro benzene ring substituents is 1. The highest BCUT2D eigenvalue weighted by Gasteiger charge is 2.14. The van der Waals surface area contributed by atoms with Gasteiger partial charge in [0.2, 0.25) is 0 Å². The molecule has 0 N–H and O–H groups in total. The lowest BCUT2D eigenvalue weighted by Gasteiger charge is -2.12. The van der Waals surface area contributed by atoms with Crippen LogP contribution in [0.25, 0.3) is 17.0 Å². The molecule has 4 aromatic rings. The Bertz CT molecular complexity index is 1630. The summed E-state index contributed by atoms with van der Waals surface area (Å²) in [4.78, 5) is 40.7. The number of non-ortho nitro benzene ring substituents is 1. The SMILES string of the molecule is CC(C)c1nc2ccccc2c(=O)n1N=Cc1cc(Br)ccc1OC(=O)/C=C/c1cccc([N+](=O)[O-])c1. The maximum atomic E-state index is 13.2. The second-order valence-electron chi connectivity index (χ2n) is 8.29. The highest BCUT2D eigenvalue weighted by Crippen LogP contribution is 2.23. The monoisotopic (exact) mass is 560 g/mol. The molecule has 10 heteroatoms. The highest BCUT2D eigenvalue weighted by atomic mass is 79.9. The number of benzene rings is 3. The van der Waals surface area contributed by atoms with Gasteiger partial charge in [-0.15, -0.1) is 0 Å². The van der Waals surface area contributed by atoms with Crippen LogP contribution in [-0.2, 0) is 4.79 Å². The first-order valence-electron chi connectivity index (χ1n) is 11.2. The molecule has 3 aromatic carbocycles. The first kappa shape index (κ1) is 25.6. The van der Waals surface area contributed by atoms with Gasteiger partial charge >= 0.3 is 5.97 Å². The van der Waals surface area contributed by atoms with Gasteiger partial charge in [-0.05, 0) is 42.0 Å². The van der Waals surface area contributed by atoms with E-state index in [9.17, 15) is 19.7 Å². The van der Waals surface area contributed by atoms with Gasteiger partial charge in [-0.25, -0.2) is 9.78 Å². The number of hydrogen-bond acceptors (Lipinski definition) is 7. The van der Waals surface area contributed by atoms with Crippen LogP contribution in [0.5, 0.6) is 5.75 Å². The first-order valence-corrected chi connectivity index (χ1v) is 12.0. The molecule has 37 heavy (non-hydrogen) atoms. The summed E-state index contributed by atoms with van der Waals surface area (Å²) in [5.74, 6) is -0.0500. The Morgan fingerprint density at radius 1 is 1.14 bits per heavy atom. The van der Waals surface area contributed by atoms with Gasteiger partial charge in [-0.3, -0.25) is 14.9 Å². The largest absolute Gasteiger partial charge is 0.423 e. The molecule has 0 fully saturated rings. The summed E-state index contributed by atoms with van der Waals surface area (Å²) >= 11 is 3.40. The quantitative estimate of drug-likeness (QED) is 0.0715. The summed E-state index contributed by atoms with van der Waals surface area (Å²) in [5, 5.41) is 15.8. The van der Waals surface area contributed by atoms with Gasteiger partial charge in [0.1, 0.15) is 11.6 Å². The van der Waals surface area contributed by atoms with Crippen LogP contribution >= 0.6 is 15.9 Å². The van der Waals surface area contributed by atoms with E-state index in [-0.39, 0.29) is 22.9 Å². The predicted molar refractivity (Wildman–Crippen MR) is 145 cm³/mol. The van der Waals surface area contributed by atoms with Crippen LogP contribution in [0.4, 0.5) is 5.69 Å². The van der Waals surface area contributed by atoms with Crippen molar-refractivity contribution in [3.8, 4) is 5.75 Å². The van der Waals surface area contributed by atoms with Crippen LogP contribution in [0.2, 0.25) is 0 Å². The molecule has 0 aliphatic heterocycles. The molecule has 9 nitrogen and oxygen atoms in total. The number of halogens is 1. The number of carbonyl (C=O) groups is 1. The van der Waals surface area contributed by atoms with E-state index in [4.69, 9.17) is 4.74 Å². The van der Waals surface area contributed by atoms with E-state index in [1.54, 1.807) is 42.5 Å². The van der Waals surface area contributed by atoms with Crippen LogP contribution in [-0.4, -0.2) is 26.8 Å². The number of ether oxygens (including phenoxy) is 1. The maximum Gasteiger partial charge on any atom is 0.336 e. The standard InChI is InChI=1S/C27H21BrN4O5/c1-17(2)26-30-23-9-4-3-8-22(23)27(34)31(26)29-16-19-15-20(28)11-12-24(19)37-25(33)13-10-18-6-5-7-21(14-18)32(35)36/h3-17H,1-2H3/b13-10+,29-16?. The van der Waals surface area contributed by atoms with E-state index in [0.717, 1.165) is 0 Å². The van der Waals surface area contributed by atoms with Crippen LogP contribution in [0, 0.1) is 10.1 Å². The van der Waals surface area contributed by atoms with E-state index in [2.05, 4.69) is 26.0 Å². The second-order valence-corrected chi connectivity index (χ2v) is 9.21. The molecule has 4 rings (SSSR count). The number of rotatable bonds is 7. The molecule has 0 saturated carbocycles. The average molecular weight is 561 g/mol. The first-order chi connectivity index (χ1) is 17.7. The molecular formula is C27H21BrN4O5. The van der Waals surface area contributed by atoms with Crippen molar-refractivity contribution in [2.24, 2.45) is 5.10 Å². The van der Waals surface area contributed by atoms with Gasteiger partial charge < -0.3 is 4.74 Å². The molecule has 0 spiro atoms. The normalized spacial score (nSPS) is 11.6. The van der Waals surface area contributed by atoms with Gasteiger partial charge in [-0.2, -0.15) is 9.78 Å². The molecule has 0 amide bonds. The van der Waals surface area contributed by atoms with Crippen LogP contribution < -0.4 is 10.3 Å². The number of aromatic nitrogens is 2. The number of nitro groups is 1. The fourth-order valence-corrected chi connectivity index (χ4v) is 3.89. The number of fused-ring (bicyclic) bond motifs is 1. The Morgan fingerprint density at radius 2 is 1.92 bits per heavy atom. The smallest absolute Gasteiger partial charge is 0.336 e. The minimum absolute atomic E-state index is 0.0757. The number of carbonyl (C=O) groups excluding carboxylic acids is 1. The van der Waals surface area contributed by atoms with Crippen molar-refractivity contribution < 1.29 is 14.5 Å². The summed E-state index contributed by atoms with van der Waals surface area (Å²) in [6, 6.07) is 17.9. The van der Waals surface area contributed by atoms with E-state index >= 15 is 0 Å². The molecule has 1 aromatic heterocycles. The van der Waals surface area contributed by atoms with Crippen molar-refractivity contribution in [2.75, 3.05) is 0 Å². The molecule has 0 saturated heterocycles. The maximum absolute atomic E-state index is 13.2. The van der Waals surface area contributed by atoms with Gasteiger partial charge in [0.25, 0.3) is 11.2 Å². The van der Waals surface area contributed by atoms with Crippen molar-refractivity contribution in [3.05, 3.63) is 115 Å². The molecule has 0 unspecified atom stereocenters. The van der Waals surface area contributed by atoms with Gasteiger partial charge in [0.05, 0.1) is 22.0 Å². The Labute approximate surface area is 220 Å². The van der Waals surface area contributed by atoms with E-state index in [1.165, 1.54) is 41.2 Å². The van der Waals surface area contributed by atoms with Crippen molar-refractivity contribution in [1.82, 2.24) is 9.66 Å². The minimum Gasteiger partial charge on any atom is -0.423 e. The summed E-state index contributed by atoms with van der Waals surface area (Å²) in [6.07, 6.45) is 4.04. The number of para-hydroxylation sites is 1. The summed E-state index contributed by atoms with van der Waals surface area (Å²) < 4.78 is 7.46. The van der Waals surface area contributed by atoms with Crippen molar-refractivity contribution in [2.45, 2.75) is 19.8 Å². The van der Waals surface area contributed by atoms with Crippen molar-refractivity contribution >= 4 is 50.8 Å². The van der Waals surface area contributed by atoms with Crippen molar-refractivity contribution in [3.63, 3.8) is 0 Å². The van der Waals surface area contributed by atoms with Gasteiger partial charge in [0.15, 0.2) is 0 Å². The van der Waals surface area contributed by atoms with Crippen LogP contribution in [0.3, 0.4) is 0 Å². The topological polar surface area (TPSA) is 117 Å². The molecular weight excluding hydrogens is 540 g/mol. The van der Waals surface area contributed by atoms with Crippen LogP contribution in [0.1, 0.15) is 36.7 Å². The molecule has 0 atom stereocenters. The molecule has 0 bridgehead atoms. The Hall–Kier alpha value is -4.44. The molecule has 0 radical (unpaired) electrons. The lowest BCUT2D eigenvalue weighted by molar-refractivity contribution is -0.384. The zero-order chi connectivity index (χ0) is 26.5. The van der Waals surface area contributed by atoms with Crippen LogP contribution in [0.15, 0.2) is 87.2 Å². The summed E-state index contributed by atoms with van der Waals surface area (Å²) in [5.41, 5.74) is 1.13. The Morgan fingerprint density at radius 3 is 2.68 bits per heavy atom. The lowest BCUT2D eigenvalue weighted by atomic mass is 10.2. The third kappa shape index (κ3) is 6.04. The third-order valence-corrected chi connectivity index (χ3v) is 5.78. The van der Waals surface area contributed by atoms with Gasteiger partial charge in [-0.1, -0.05) is 54.0 Å². The van der Waals surface area contributed by atoms with E-state index in [1.807, 2.05) is 19.9 Å². The third-order valence-electron chi connectivity index (χ3n) is 5.28. The Kier molecular flexibility index (Phi) is 7.69. The molecule has 1 heterocycles. The fraction of sp³-hybridized carbons (Fsp3) is 0.111. The zero-order valence-electron chi connectivity index (χ0n) is 19.9. The van der Waals surface area contributed by atoms with E-state index in [0.29, 0.717) is 32.3 Å².